The first-order valence-electron chi connectivity index (χ1n) is 7.15. The molecular weight excluding hydrogens is 226 g/mol. The number of rotatable bonds is 6. The van der Waals surface area contributed by atoms with Crippen molar-refractivity contribution in [2.24, 2.45) is 5.92 Å². The molecule has 108 valence electrons. The highest BCUT2D eigenvalue weighted by Gasteiger charge is 2.30. The molecule has 0 amide bonds. The average Bonchev–Trinajstić information content (AvgIpc) is 2.50. The first-order chi connectivity index (χ1) is 8.60. The van der Waals surface area contributed by atoms with Gasteiger partial charge in [0.25, 0.3) is 0 Å². The van der Waals surface area contributed by atoms with Gasteiger partial charge in [0.1, 0.15) is 0 Å². The van der Waals surface area contributed by atoms with Gasteiger partial charge in [-0.2, -0.15) is 0 Å². The normalized spacial score (nSPS) is 26.8. The molecule has 1 rings (SSSR count). The minimum atomic E-state index is 0.533. The van der Waals surface area contributed by atoms with E-state index in [1.165, 1.54) is 19.5 Å². The van der Waals surface area contributed by atoms with Gasteiger partial charge >= 0.3 is 0 Å². The van der Waals surface area contributed by atoms with E-state index in [1.54, 1.807) is 7.11 Å². The largest absolute Gasteiger partial charge is 0.385 e. The van der Waals surface area contributed by atoms with Crippen LogP contribution in [0.5, 0.6) is 0 Å². The predicted octanol–water partition coefficient (Wildman–Crippen LogP) is 0.883. The molecular formula is C14H31N3O. The molecule has 1 heterocycles. The van der Waals surface area contributed by atoms with Gasteiger partial charge in [0.2, 0.25) is 0 Å². The zero-order chi connectivity index (χ0) is 13.5. The van der Waals surface area contributed by atoms with Gasteiger partial charge in [-0.3, -0.25) is 0 Å². The number of hydrogen-bond acceptors (Lipinski definition) is 4. The van der Waals surface area contributed by atoms with Crippen LogP contribution in [-0.4, -0.2) is 76.4 Å². The van der Waals surface area contributed by atoms with Gasteiger partial charge < -0.3 is 19.9 Å². The van der Waals surface area contributed by atoms with E-state index in [0.29, 0.717) is 18.0 Å². The predicted molar refractivity (Wildman–Crippen MR) is 77.0 cm³/mol. The van der Waals surface area contributed by atoms with Gasteiger partial charge in [0.15, 0.2) is 0 Å². The van der Waals surface area contributed by atoms with Crippen LogP contribution in [0.2, 0.25) is 0 Å². The van der Waals surface area contributed by atoms with Gasteiger partial charge in [0, 0.05) is 32.3 Å². The number of likely N-dealkylation sites (N-methyl/N-ethyl adjacent to an activating group) is 3. The molecule has 0 radical (unpaired) electrons. The Balaban J connectivity index is 2.64. The monoisotopic (exact) mass is 257 g/mol. The van der Waals surface area contributed by atoms with Gasteiger partial charge in [-0.25, -0.2) is 0 Å². The lowest BCUT2D eigenvalue weighted by Gasteiger charge is -2.37. The van der Waals surface area contributed by atoms with Crippen molar-refractivity contribution in [1.29, 1.82) is 0 Å². The summed E-state index contributed by atoms with van der Waals surface area (Å²) in [6, 6.07) is 1.13. The number of ether oxygens (including phenoxy) is 1. The molecule has 1 saturated heterocycles. The zero-order valence-electron chi connectivity index (χ0n) is 12.8. The number of methoxy groups -OCH3 is 1. The van der Waals surface area contributed by atoms with Crippen molar-refractivity contribution in [2.45, 2.75) is 31.8 Å². The Kier molecular flexibility index (Phi) is 7.15. The Labute approximate surface area is 113 Å². The molecule has 0 bridgehead atoms. The van der Waals surface area contributed by atoms with E-state index in [-0.39, 0.29) is 0 Å². The quantitative estimate of drug-likeness (QED) is 0.764. The van der Waals surface area contributed by atoms with Crippen molar-refractivity contribution in [3.8, 4) is 0 Å². The molecule has 1 aliphatic rings. The number of nitrogens with one attached hydrogen (secondary N) is 1. The van der Waals surface area contributed by atoms with E-state index >= 15 is 0 Å². The van der Waals surface area contributed by atoms with Gasteiger partial charge in [-0.15, -0.1) is 0 Å². The first-order valence-corrected chi connectivity index (χ1v) is 7.15. The number of hydrogen-bond donors (Lipinski definition) is 1. The number of nitrogens with zero attached hydrogens (tertiary/aromatic N) is 2. The van der Waals surface area contributed by atoms with Crippen LogP contribution in [0.1, 0.15) is 19.8 Å². The Morgan fingerprint density at radius 1 is 1.33 bits per heavy atom. The van der Waals surface area contributed by atoms with Crippen LogP contribution in [0.3, 0.4) is 0 Å². The maximum Gasteiger partial charge on any atom is 0.0465 e. The van der Waals surface area contributed by atoms with Crippen molar-refractivity contribution in [3.05, 3.63) is 0 Å². The molecule has 0 saturated carbocycles. The van der Waals surface area contributed by atoms with Crippen LogP contribution >= 0.6 is 0 Å². The van der Waals surface area contributed by atoms with Crippen molar-refractivity contribution in [2.75, 3.05) is 54.5 Å². The minimum absolute atomic E-state index is 0.533. The molecule has 1 aliphatic heterocycles. The first kappa shape index (κ1) is 15.9. The van der Waals surface area contributed by atoms with Crippen LogP contribution in [0, 0.1) is 5.92 Å². The molecule has 0 aromatic rings. The molecule has 18 heavy (non-hydrogen) atoms. The van der Waals surface area contributed by atoms with Crippen LogP contribution in [0.4, 0.5) is 0 Å². The zero-order valence-corrected chi connectivity index (χ0v) is 12.8. The Morgan fingerprint density at radius 3 is 2.67 bits per heavy atom. The maximum absolute atomic E-state index is 5.22. The molecule has 3 unspecified atom stereocenters. The lowest BCUT2D eigenvalue weighted by atomic mass is 9.91. The average molecular weight is 257 g/mol. The SMILES string of the molecule is CNC(C(C)CCOC)C1CN(C)CCCN1C. The fourth-order valence-corrected chi connectivity index (χ4v) is 3.03. The molecule has 4 heteroatoms. The second-order valence-corrected chi connectivity index (χ2v) is 5.74. The lowest BCUT2D eigenvalue weighted by molar-refractivity contribution is 0.125. The van der Waals surface area contributed by atoms with E-state index in [9.17, 15) is 0 Å². The van der Waals surface area contributed by atoms with Gasteiger partial charge in [0.05, 0.1) is 0 Å². The van der Waals surface area contributed by atoms with Crippen LogP contribution in [0.15, 0.2) is 0 Å². The maximum atomic E-state index is 5.22. The summed E-state index contributed by atoms with van der Waals surface area (Å²) in [7, 11) is 8.37. The van der Waals surface area contributed by atoms with Crippen LogP contribution in [0.25, 0.3) is 0 Å². The highest BCUT2D eigenvalue weighted by atomic mass is 16.5. The van der Waals surface area contributed by atoms with Crippen molar-refractivity contribution < 1.29 is 4.74 Å². The topological polar surface area (TPSA) is 27.7 Å². The molecule has 0 aromatic carbocycles. The fourth-order valence-electron chi connectivity index (χ4n) is 3.03. The Hall–Kier alpha value is -0.160. The van der Waals surface area contributed by atoms with Gasteiger partial charge in [-0.05, 0) is 53.0 Å². The lowest BCUT2D eigenvalue weighted by Crippen LogP contribution is -2.54. The molecule has 0 aromatic heterocycles. The van der Waals surface area contributed by atoms with E-state index in [0.717, 1.165) is 19.6 Å². The van der Waals surface area contributed by atoms with Crippen molar-refractivity contribution >= 4 is 0 Å². The van der Waals surface area contributed by atoms with E-state index in [4.69, 9.17) is 4.74 Å². The van der Waals surface area contributed by atoms with Gasteiger partial charge in [-0.1, -0.05) is 6.92 Å². The summed E-state index contributed by atoms with van der Waals surface area (Å²) in [6.07, 6.45) is 2.39. The Morgan fingerprint density at radius 2 is 2.06 bits per heavy atom. The Bertz CT molecular complexity index is 225. The molecule has 0 spiro atoms. The summed E-state index contributed by atoms with van der Waals surface area (Å²) in [5, 5.41) is 3.54. The van der Waals surface area contributed by atoms with Crippen molar-refractivity contribution in [3.63, 3.8) is 0 Å². The third-order valence-corrected chi connectivity index (χ3v) is 4.25. The van der Waals surface area contributed by atoms with E-state index in [2.05, 4.69) is 43.2 Å². The summed E-state index contributed by atoms with van der Waals surface area (Å²) in [5.41, 5.74) is 0. The second kappa shape index (κ2) is 8.10. The summed E-state index contributed by atoms with van der Waals surface area (Å²) in [4.78, 5) is 4.98. The second-order valence-electron chi connectivity index (χ2n) is 5.74. The smallest absolute Gasteiger partial charge is 0.0465 e. The standard InChI is InChI=1S/C14H31N3O/c1-12(7-10-18-5)14(15-2)13-11-16(3)8-6-9-17(13)4/h12-15H,6-11H2,1-5H3. The fraction of sp³-hybridized carbons (Fsp3) is 1.00. The van der Waals surface area contributed by atoms with Crippen molar-refractivity contribution in [1.82, 2.24) is 15.1 Å². The summed E-state index contributed by atoms with van der Waals surface area (Å²) in [6.45, 7) is 6.75. The molecule has 1 N–H and O–H groups in total. The molecule has 4 nitrogen and oxygen atoms in total. The molecule has 3 atom stereocenters. The van der Waals surface area contributed by atoms with Crippen LogP contribution < -0.4 is 5.32 Å². The highest BCUT2D eigenvalue weighted by molar-refractivity contribution is 4.89. The third kappa shape index (κ3) is 4.50. The highest BCUT2D eigenvalue weighted by Crippen LogP contribution is 2.18. The van der Waals surface area contributed by atoms with Crippen LogP contribution in [-0.2, 0) is 4.74 Å². The molecule has 0 aliphatic carbocycles. The third-order valence-electron chi connectivity index (χ3n) is 4.25. The minimum Gasteiger partial charge on any atom is -0.385 e. The molecule has 1 fully saturated rings. The van der Waals surface area contributed by atoms with E-state index in [1.807, 2.05) is 0 Å². The summed E-state index contributed by atoms with van der Waals surface area (Å²) >= 11 is 0. The van der Waals surface area contributed by atoms with E-state index < -0.39 is 0 Å². The summed E-state index contributed by atoms with van der Waals surface area (Å²) in [5.74, 6) is 0.633. The summed E-state index contributed by atoms with van der Waals surface area (Å²) < 4.78 is 5.22.